The van der Waals surface area contributed by atoms with E-state index >= 15 is 0 Å². The van der Waals surface area contributed by atoms with Gasteiger partial charge < -0.3 is 5.11 Å². The van der Waals surface area contributed by atoms with Crippen molar-refractivity contribution >= 4 is 0 Å². The summed E-state index contributed by atoms with van der Waals surface area (Å²) in [5.74, 6) is 0. The number of hydrogen-bond donors (Lipinski definition) is 3. The Kier molecular flexibility index (Phi) is 6.38. The summed E-state index contributed by atoms with van der Waals surface area (Å²) < 4.78 is 0. The van der Waals surface area contributed by atoms with Gasteiger partial charge in [-0.3, -0.25) is 10.5 Å². The van der Waals surface area contributed by atoms with Gasteiger partial charge in [0.2, 0.25) is 0 Å². The minimum atomic E-state index is -0.784. The van der Waals surface area contributed by atoms with Crippen LogP contribution in [0.1, 0.15) is 20.3 Å². The molecule has 0 aliphatic heterocycles. The summed E-state index contributed by atoms with van der Waals surface area (Å²) in [6, 6.07) is 0. The molecule has 0 aliphatic carbocycles. The first-order valence-electron chi connectivity index (χ1n) is 4.56. The molecule has 0 fully saturated rings. The lowest BCUT2D eigenvalue weighted by Gasteiger charge is -2.15. The summed E-state index contributed by atoms with van der Waals surface area (Å²) >= 11 is 0. The van der Waals surface area contributed by atoms with Crippen LogP contribution in [0.4, 0.5) is 0 Å². The average Bonchev–Trinajstić information content (AvgIpc) is 2.19. The minimum absolute atomic E-state index is 0.330. The third-order valence-corrected chi connectivity index (χ3v) is 1.88. The molecule has 0 saturated heterocycles. The predicted molar refractivity (Wildman–Crippen MR) is 55.3 cm³/mol. The zero-order valence-electron chi connectivity index (χ0n) is 9.01. The first-order chi connectivity index (χ1) is 6.96. The third kappa shape index (κ3) is 5.66. The Morgan fingerprint density at radius 3 is 2.47 bits per heavy atom. The van der Waals surface area contributed by atoms with Gasteiger partial charge in [0.25, 0.3) is 0 Å². The van der Waals surface area contributed by atoms with Gasteiger partial charge in [-0.05, 0) is 25.8 Å². The highest BCUT2D eigenvalue weighted by Crippen LogP contribution is 2.13. The SMILES string of the molecule is C=C(C/C=C/C(C)(C)OO)C(CO)OO. The quantitative estimate of drug-likeness (QED) is 0.343. The standard InChI is InChI=1S/C10H18O5/c1-8(9(7-11)14-12)5-4-6-10(2,3)15-13/h4,6,9,11-13H,1,5,7H2,2-3H3/b6-4+. The van der Waals surface area contributed by atoms with E-state index in [1.807, 2.05) is 0 Å². The van der Waals surface area contributed by atoms with Crippen LogP contribution in [-0.2, 0) is 9.78 Å². The molecule has 3 N–H and O–H groups in total. The molecule has 1 unspecified atom stereocenters. The van der Waals surface area contributed by atoms with E-state index in [4.69, 9.17) is 15.6 Å². The fourth-order valence-electron chi connectivity index (χ4n) is 0.893. The minimum Gasteiger partial charge on any atom is -0.393 e. The molecule has 0 rings (SSSR count). The van der Waals surface area contributed by atoms with E-state index in [2.05, 4.69) is 16.4 Å². The molecule has 0 heterocycles. The van der Waals surface area contributed by atoms with Crippen LogP contribution in [0.25, 0.3) is 0 Å². The average molecular weight is 218 g/mol. The number of aliphatic hydroxyl groups is 1. The van der Waals surface area contributed by atoms with Gasteiger partial charge in [-0.15, -0.1) is 0 Å². The fraction of sp³-hybridized carbons (Fsp3) is 0.600. The van der Waals surface area contributed by atoms with Gasteiger partial charge in [-0.2, -0.15) is 0 Å². The summed E-state index contributed by atoms with van der Waals surface area (Å²) in [5, 5.41) is 25.6. The molecule has 88 valence electrons. The van der Waals surface area contributed by atoms with Gasteiger partial charge >= 0.3 is 0 Å². The molecule has 0 radical (unpaired) electrons. The summed E-state index contributed by atoms with van der Waals surface area (Å²) in [5.41, 5.74) is -0.236. The molecule has 0 amide bonds. The highest BCUT2D eigenvalue weighted by Gasteiger charge is 2.14. The van der Waals surface area contributed by atoms with E-state index in [1.54, 1.807) is 26.0 Å². The van der Waals surface area contributed by atoms with Crippen LogP contribution in [0, 0.1) is 0 Å². The Morgan fingerprint density at radius 2 is 2.07 bits per heavy atom. The van der Waals surface area contributed by atoms with Crippen molar-refractivity contribution in [2.45, 2.75) is 32.0 Å². The van der Waals surface area contributed by atoms with Crippen molar-refractivity contribution in [1.29, 1.82) is 0 Å². The van der Waals surface area contributed by atoms with E-state index in [9.17, 15) is 0 Å². The van der Waals surface area contributed by atoms with E-state index in [1.165, 1.54) is 0 Å². The van der Waals surface area contributed by atoms with Gasteiger partial charge in [-0.1, -0.05) is 18.7 Å². The lowest BCUT2D eigenvalue weighted by molar-refractivity contribution is -0.297. The Morgan fingerprint density at radius 1 is 1.47 bits per heavy atom. The van der Waals surface area contributed by atoms with Crippen LogP contribution in [0.2, 0.25) is 0 Å². The molecule has 1 atom stereocenters. The molecule has 0 bridgehead atoms. The number of aliphatic hydroxyl groups excluding tert-OH is 1. The zero-order chi connectivity index (χ0) is 11.9. The van der Waals surface area contributed by atoms with Crippen molar-refractivity contribution in [3.05, 3.63) is 24.3 Å². The monoisotopic (exact) mass is 218 g/mol. The van der Waals surface area contributed by atoms with Crippen LogP contribution in [0.15, 0.2) is 24.3 Å². The zero-order valence-corrected chi connectivity index (χ0v) is 9.01. The van der Waals surface area contributed by atoms with Gasteiger partial charge in [-0.25, -0.2) is 9.78 Å². The maximum absolute atomic E-state index is 8.77. The van der Waals surface area contributed by atoms with Gasteiger partial charge in [0.1, 0.15) is 11.7 Å². The molecule has 0 aromatic carbocycles. The number of hydrogen-bond acceptors (Lipinski definition) is 5. The van der Waals surface area contributed by atoms with Gasteiger partial charge in [0.15, 0.2) is 0 Å². The molecule has 0 saturated carbocycles. The fourth-order valence-corrected chi connectivity index (χ4v) is 0.893. The molecular formula is C10H18O5. The summed E-state index contributed by atoms with van der Waals surface area (Å²) in [6.07, 6.45) is 2.98. The second-order valence-electron chi connectivity index (χ2n) is 3.74. The normalized spacial score (nSPS) is 14.5. The van der Waals surface area contributed by atoms with Crippen molar-refractivity contribution < 1.29 is 25.4 Å². The van der Waals surface area contributed by atoms with Gasteiger partial charge in [0.05, 0.1) is 6.61 Å². The smallest absolute Gasteiger partial charge is 0.137 e. The van der Waals surface area contributed by atoms with Crippen molar-refractivity contribution in [1.82, 2.24) is 0 Å². The van der Waals surface area contributed by atoms with Crippen molar-refractivity contribution in [2.75, 3.05) is 6.61 Å². The Bertz CT molecular complexity index is 218. The van der Waals surface area contributed by atoms with Crippen LogP contribution in [0.3, 0.4) is 0 Å². The molecule has 5 heteroatoms. The van der Waals surface area contributed by atoms with E-state index < -0.39 is 11.7 Å². The van der Waals surface area contributed by atoms with Gasteiger partial charge in [0, 0.05) is 0 Å². The van der Waals surface area contributed by atoms with Crippen LogP contribution in [-0.4, -0.2) is 33.9 Å². The summed E-state index contributed by atoms with van der Waals surface area (Å²) in [4.78, 5) is 8.19. The summed E-state index contributed by atoms with van der Waals surface area (Å²) in [7, 11) is 0. The van der Waals surface area contributed by atoms with Crippen LogP contribution < -0.4 is 0 Å². The predicted octanol–water partition coefficient (Wildman–Crippen LogP) is 1.61. The maximum atomic E-state index is 8.77. The number of rotatable bonds is 7. The van der Waals surface area contributed by atoms with Crippen molar-refractivity contribution in [3.63, 3.8) is 0 Å². The molecule has 0 aromatic rings. The van der Waals surface area contributed by atoms with Crippen LogP contribution >= 0.6 is 0 Å². The Balaban J connectivity index is 4.10. The number of allylic oxidation sites excluding steroid dienone is 1. The van der Waals surface area contributed by atoms with E-state index in [0.717, 1.165) is 0 Å². The third-order valence-electron chi connectivity index (χ3n) is 1.88. The highest BCUT2D eigenvalue weighted by molar-refractivity contribution is 5.10. The lowest BCUT2D eigenvalue weighted by atomic mass is 10.1. The maximum Gasteiger partial charge on any atom is 0.137 e. The second kappa shape index (κ2) is 6.71. The van der Waals surface area contributed by atoms with Crippen LogP contribution in [0.5, 0.6) is 0 Å². The molecule has 0 spiro atoms. The van der Waals surface area contributed by atoms with Crippen molar-refractivity contribution in [2.24, 2.45) is 0 Å². The first-order valence-corrected chi connectivity index (χ1v) is 4.56. The highest BCUT2D eigenvalue weighted by atomic mass is 17.1. The molecule has 0 aromatic heterocycles. The second-order valence-corrected chi connectivity index (χ2v) is 3.74. The Hall–Kier alpha value is -0.720. The molecular weight excluding hydrogens is 200 g/mol. The van der Waals surface area contributed by atoms with Crippen molar-refractivity contribution in [3.8, 4) is 0 Å². The molecule has 0 aliphatic rings. The largest absolute Gasteiger partial charge is 0.393 e. The first kappa shape index (κ1) is 14.3. The molecule has 15 heavy (non-hydrogen) atoms. The van der Waals surface area contributed by atoms with E-state index in [-0.39, 0.29) is 6.61 Å². The summed E-state index contributed by atoms with van der Waals surface area (Å²) in [6.45, 7) is 6.67. The van der Waals surface area contributed by atoms with E-state index in [0.29, 0.717) is 12.0 Å². The Labute approximate surface area is 89.1 Å². The molecule has 5 nitrogen and oxygen atoms in total. The topological polar surface area (TPSA) is 79.2 Å². The lowest BCUT2D eigenvalue weighted by Crippen LogP contribution is -2.20.